The summed E-state index contributed by atoms with van der Waals surface area (Å²) in [4.78, 5) is 48.0. The van der Waals surface area contributed by atoms with Crippen LogP contribution in [0.4, 0.5) is 10.7 Å². The van der Waals surface area contributed by atoms with Crippen molar-refractivity contribution in [2.24, 2.45) is 5.92 Å². The molecule has 10 heteroatoms. The number of aromatic nitrogens is 2. The molecule has 0 atom stereocenters. The summed E-state index contributed by atoms with van der Waals surface area (Å²) in [6.45, 7) is 4.75. The minimum Gasteiger partial charge on any atom is -0.352 e. The SMILES string of the molecule is CC1(C)C(=O)NC(=O)N1CCNc1nccc(-c2cc3cc(CNC(=O)C4CCCCC4)ccc3s2)n1. The first-order valence-corrected chi connectivity index (χ1v) is 13.6. The Morgan fingerprint density at radius 3 is 2.73 bits per heavy atom. The van der Waals surface area contributed by atoms with Crippen molar-refractivity contribution in [1.29, 1.82) is 0 Å². The van der Waals surface area contributed by atoms with Gasteiger partial charge in [-0.25, -0.2) is 14.8 Å². The predicted octanol–water partition coefficient (Wildman–Crippen LogP) is 4.30. The maximum Gasteiger partial charge on any atom is 0.325 e. The molecule has 1 saturated heterocycles. The molecule has 5 rings (SSSR count). The number of hydrogen-bond acceptors (Lipinski definition) is 7. The number of nitrogens with one attached hydrogen (secondary N) is 3. The molecule has 1 aliphatic carbocycles. The molecule has 3 heterocycles. The van der Waals surface area contributed by atoms with Crippen molar-refractivity contribution >= 4 is 45.2 Å². The fourth-order valence-electron chi connectivity index (χ4n) is 4.96. The molecule has 4 amide bonds. The summed E-state index contributed by atoms with van der Waals surface area (Å²) in [5, 5.41) is 9.75. The number of anilines is 1. The normalized spacial score (nSPS) is 17.7. The third kappa shape index (κ3) is 5.44. The lowest BCUT2D eigenvalue weighted by Crippen LogP contribution is -2.46. The first-order valence-electron chi connectivity index (χ1n) is 12.8. The van der Waals surface area contributed by atoms with Gasteiger partial charge in [-0.2, -0.15) is 0 Å². The van der Waals surface area contributed by atoms with E-state index in [1.54, 1.807) is 31.4 Å². The number of carbonyl (C=O) groups is 3. The molecule has 9 nitrogen and oxygen atoms in total. The molecule has 0 unspecified atom stereocenters. The highest BCUT2D eigenvalue weighted by atomic mass is 32.1. The summed E-state index contributed by atoms with van der Waals surface area (Å²) >= 11 is 1.66. The number of thiophene rings is 1. The largest absolute Gasteiger partial charge is 0.352 e. The molecular weight excluding hydrogens is 488 g/mol. The summed E-state index contributed by atoms with van der Waals surface area (Å²) in [5.41, 5.74) is 1.01. The maximum atomic E-state index is 12.5. The molecule has 194 valence electrons. The van der Waals surface area contributed by atoms with Gasteiger partial charge in [0, 0.05) is 36.4 Å². The lowest BCUT2D eigenvalue weighted by Gasteiger charge is -2.27. The van der Waals surface area contributed by atoms with Crippen molar-refractivity contribution < 1.29 is 14.4 Å². The second-order valence-corrected chi connectivity index (χ2v) is 11.3. The molecule has 0 spiro atoms. The van der Waals surface area contributed by atoms with Crippen LogP contribution in [0.3, 0.4) is 0 Å². The first kappa shape index (κ1) is 25.1. The molecule has 0 bridgehead atoms. The minimum atomic E-state index is -0.879. The highest BCUT2D eigenvalue weighted by Gasteiger charge is 2.45. The van der Waals surface area contributed by atoms with Crippen molar-refractivity contribution in [3.63, 3.8) is 0 Å². The van der Waals surface area contributed by atoms with Crippen molar-refractivity contribution in [2.45, 2.75) is 58.0 Å². The van der Waals surface area contributed by atoms with Crippen LogP contribution in [0, 0.1) is 5.92 Å². The topological polar surface area (TPSA) is 116 Å². The van der Waals surface area contributed by atoms with Crippen LogP contribution >= 0.6 is 11.3 Å². The lowest BCUT2D eigenvalue weighted by molar-refractivity contribution is -0.126. The van der Waals surface area contributed by atoms with Gasteiger partial charge < -0.3 is 15.5 Å². The van der Waals surface area contributed by atoms with Crippen molar-refractivity contribution in [3.8, 4) is 10.6 Å². The number of benzene rings is 1. The molecule has 2 aromatic heterocycles. The van der Waals surface area contributed by atoms with Gasteiger partial charge in [0.25, 0.3) is 5.91 Å². The zero-order valence-corrected chi connectivity index (χ0v) is 22.0. The third-order valence-electron chi connectivity index (χ3n) is 7.25. The average Bonchev–Trinajstić information content (AvgIpc) is 3.41. The number of amides is 4. The van der Waals surface area contributed by atoms with E-state index in [0.717, 1.165) is 51.9 Å². The number of urea groups is 1. The highest BCUT2D eigenvalue weighted by Crippen LogP contribution is 2.33. The van der Waals surface area contributed by atoms with E-state index in [1.165, 1.54) is 11.3 Å². The van der Waals surface area contributed by atoms with Crippen LogP contribution < -0.4 is 16.0 Å². The van der Waals surface area contributed by atoms with Crippen LogP contribution in [0.2, 0.25) is 0 Å². The van der Waals surface area contributed by atoms with Crippen LogP contribution in [-0.2, 0) is 16.1 Å². The van der Waals surface area contributed by atoms with Gasteiger partial charge in [0.1, 0.15) is 5.54 Å². The number of nitrogens with zero attached hydrogens (tertiary/aromatic N) is 3. The van der Waals surface area contributed by atoms with Gasteiger partial charge >= 0.3 is 6.03 Å². The third-order valence-corrected chi connectivity index (χ3v) is 8.38. The van der Waals surface area contributed by atoms with Crippen molar-refractivity contribution in [3.05, 3.63) is 42.1 Å². The monoisotopic (exact) mass is 520 g/mol. The smallest absolute Gasteiger partial charge is 0.325 e. The molecule has 1 aliphatic heterocycles. The van der Waals surface area contributed by atoms with E-state index in [2.05, 4.69) is 50.2 Å². The molecule has 2 aliphatic rings. The quantitative estimate of drug-likeness (QED) is 0.382. The van der Waals surface area contributed by atoms with Gasteiger partial charge in [-0.1, -0.05) is 25.3 Å². The number of rotatable bonds is 8. The molecule has 1 saturated carbocycles. The Balaban J connectivity index is 1.21. The van der Waals surface area contributed by atoms with Crippen LogP contribution in [0.5, 0.6) is 0 Å². The zero-order chi connectivity index (χ0) is 26.0. The number of imide groups is 1. The van der Waals surface area contributed by atoms with Gasteiger partial charge in [-0.3, -0.25) is 14.9 Å². The fraction of sp³-hybridized carbons (Fsp3) is 0.444. The van der Waals surface area contributed by atoms with E-state index in [4.69, 9.17) is 0 Å². The number of carbonyl (C=O) groups excluding carboxylic acids is 3. The fourth-order valence-corrected chi connectivity index (χ4v) is 5.98. The summed E-state index contributed by atoms with van der Waals surface area (Å²) in [7, 11) is 0. The van der Waals surface area contributed by atoms with Crippen LogP contribution in [-0.4, -0.2) is 51.3 Å². The van der Waals surface area contributed by atoms with E-state index in [-0.39, 0.29) is 23.8 Å². The van der Waals surface area contributed by atoms with Crippen LogP contribution in [0.15, 0.2) is 36.5 Å². The van der Waals surface area contributed by atoms with E-state index in [1.807, 2.05) is 6.07 Å². The van der Waals surface area contributed by atoms with Gasteiger partial charge in [0.2, 0.25) is 11.9 Å². The second-order valence-electron chi connectivity index (χ2n) is 10.2. The average molecular weight is 521 g/mol. The standard InChI is InChI=1S/C27H32N6O3S/c1-27(2)24(35)32-26(36)33(27)13-12-29-25-28-11-10-20(31-25)22-15-19-14-17(8-9-21(19)37-22)16-30-23(34)18-6-4-3-5-7-18/h8-11,14-15,18H,3-7,12-13,16H2,1-2H3,(H,30,34)(H,28,29,31)(H,32,35,36). The van der Waals surface area contributed by atoms with Gasteiger partial charge in [-0.05, 0) is 61.9 Å². The lowest BCUT2D eigenvalue weighted by atomic mass is 9.88. The van der Waals surface area contributed by atoms with E-state index in [0.29, 0.717) is 25.6 Å². The highest BCUT2D eigenvalue weighted by molar-refractivity contribution is 7.22. The zero-order valence-electron chi connectivity index (χ0n) is 21.2. The van der Waals surface area contributed by atoms with Gasteiger partial charge in [0.15, 0.2) is 0 Å². The molecule has 3 N–H and O–H groups in total. The summed E-state index contributed by atoms with van der Waals surface area (Å²) in [6, 6.07) is 9.89. The number of hydrogen-bond donors (Lipinski definition) is 3. The Kier molecular flexibility index (Phi) is 7.10. The van der Waals surface area contributed by atoms with E-state index in [9.17, 15) is 14.4 Å². The van der Waals surface area contributed by atoms with Gasteiger partial charge in [-0.15, -0.1) is 11.3 Å². The second kappa shape index (κ2) is 10.5. The molecular formula is C27H32N6O3S. The van der Waals surface area contributed by atoms with Crippen LogP contribution in [0.25, 0.3) is 20.7 Å². The summed E-state index contributed by atoms with van der Waals surface area (Å²) < 4.78 is 1.15. The first-order chi connectivity index (χ1) is 17.8. The Morgan fingerprint density at radius 1 is 1.16 bits per heavy atom. The van der Waals surface area contributed by atoms with Crippen LogP contribution in [0.1, 0.15) is 51.5 Å². The minimum absolute atomic E-state index is 0.160. The van der Waals surface area contributed by atoms with E-state index >= 15 is 0 Å². The maximum absolute atomic E-state index is 12.5. The summed E-state index contributed by atoms with van der Waals surface area (Å²) in [5.74, 6) is 0.500. The molecule has 3 aromatic rings. The molecule has 1 aromatic carbocycles. The van der Waals surface area contributed by atoms with Crippen molar-refractivity contribution in [1.82, 2.24) is 25.5 Å². The summed E-state index contributed by atoms with van der Waals surface area (Å²) in [6.07, 6.45) is 7.24. The Labute approximate surface area is 220 Å². The Hall–Kier alpha value is -3.53. The number of fused-ring (bicyclic) bond motifs is 1. The molecule has 0 radical (unpaired) electrons. The molecule has 37 heavy (non-hydrogen) atoms. The Bertz CT molecular complexity index is 1330. The Morgan fingerprint density at radius 2 is 1.97 bits per heavy atom. The molecule has 2 fully saturated rings. The van der Waals surface area contributed by atoms with Gasteiger partial charge in [0.05, 0.1) is 10.6 Å². The predicted molar refractivity (Wildman–Crippen MR) is 144 cm³/mol. The van der Waals surface area contributed by atoms with Crippen molar-refractivity contribution in [2.75, 3.05) is 18.4 Å². The van der Waals surface area contributed by atoms with E-state index < -0.39 is 5.54 Å².